The van der Waals surface area contributed by atoms with E-state index in [-0.39, 0.29) is 5.69 Å². The lowest BCUT2D eigenvalue weighted by atomic mass is 9.99. The Labute approximate surface area is 146 Å². The van der Waals surface area contributed by atoms with Crippen molar-refractivity contribution in [3.05, 3.63) is 40.4 Å². The Hall–Kier alpha value is -1.57. The fraction of sp³-hybridized carbons (Fsp3) is 0.267. The monoisotopic (exact) mass is 368 g/mol. The molecule has 2 N–H and O–H groups in total. The summed E-state index contributed by atoms with van der Waals surface area (Å²) in [7, 11) is 0. The van der Waals surface area contributed by atoms with Crippen molar-refractivity contribution < 1.29 is 14.7 Å². The van der Waals surface area contributed by atoms with Crippen LogP contribution in [0, 0.1) is 0 Å². The molecule has 3 rings (SSSR count). The van der Waals surface area contributed by atoms with E-state index in [1.165, 1.54) is 23.1 Å². The minimum atomic E-state index is -1.19. The lowest BCUT2D eigenvalue weighted by Gasteiger charge is -2.23. The van der Waals surface area contributed by atoms with Gasteiger partial charge in [-0.05, 0) is 24.3 Å². The number of carbonyl (C=O) groups is 2. The summed E-state index contributed by atoms with van der Waals surface area (Å²) in [5.74, 6) is -0.350. The first-order chi connectivity index (χ1) is 11.0. The van der Waals surface area contributed by atoms with E-state index < -0.39 is 17.4 Å². The number of nitrogens with zero attached hydrogens (tertiary/aromatic N) is 1. The zero-order valence-electron chi connectivity index (χ0n) is 11.9. The number of carboxylic acid groups (broad SMARTS) is 1. The first-order valence-electron chi connectivity index (χ1n) is 6.85. The number of aromatic nitrogens is 1. The van der Waals surface area contributed by atoms with Crippen LogP contribution in [0.4, 0.5) is 0 Å². The molecule has 0 aliphatic carbocycles. The maximum absolute atomic E-state index is 12.3. The summed E-state index contributed by atoms with van der Waals surface area (Å²) in [6.07, 6.45) is 0.424. The molecule has 0 spiro atoms. The smallest absolute Gasteiger partial charge is 0.330 e. The minimum Gasteiger partial charge on any atom is -0.479 e. The molecule has 1 saturated heterocycles. The number of amides is 1. The average molecular weight is 369 g/mol. The van der Waals surface area contributed by atoms with Gasteiger partial charge in [-0.15, -0.1) is 11.3 Å². The summed E-state index contributed by atoms with van der Waals surface area (Å²) in [5.41, 5.74) is -0.0912. The van der Waals surface area contributed by atoms with Gasteiger partial charge >= 0.3 is 5.97 Å². The summed E-state index contributed by atoms with van der Waals surface area (Å²) in [4.78, 5) is 28.1. The van der Waals surface area contributed by atoms with E-state index in [1.807, 2.05) is 12.1 Å². The van der Waals surface area contributed by atoms with Crippen molar-refractivity contribution in [2.45, 2.75) is 12.0 Å². The number of nitrogens with one attached hydrogen (secondary N) is 1. The largest absolute Gasteiger partial charge is 0.479 e. The second-order valence-corrected chi connectivity index (χ2v) is 7.59. The van der Waals surface area contributed by atoms with Crippen LogP contribution in [0.15, 0.2) is 29.6 Å². The second kappa shape index (κ2) is 6.51. The van der Waals surface area contributed by atoms with E-state index >= 15 is 0 Å². The van der Waals surface area contributed by atoms with Gasteiger partial charge in [-0.25, -0.2) is 9.78 Å². The molecule has 1 fully saturated rings. The molecule has 1 aliphatic rings. The van der Waals surface area contributed by atoms with Gasteiger partial charge in [0.2, 0.25) is 0 Å². The Kier molecular flexibility index (Phi) is 4.61. The van der Waals surface area contributed by atoms with Gasteiger partial charge in [0.15, 0.2) is 0 Å². The number of rotatable bonds is 4. The number of thioether (sulfide) groups is 1. The van der Waals surface area contributed by atoms with E-state index in [0.29, 0.717) is 22.2 Å². The summed E-state index contributed by atoms with van der Waals surface area (Å²) >= 11 is 8.71. The molecule has 8 heteroatoms. The van der Waals surface area contributed by atoms with Gasteiger partial charge in [-0.1, -0.05) is 23.7 Å². The molecule has 23 heavy (non-hydrogen) atoms. The van der Waals surface area contributed by atoms with Crippen molar-refractivity contribution in [2.75, 3.05) is 11.5 Å². The van der Waals surface area contributed by atoms with Crippen molar-refractivity contribution >= 4 is 46.6 Å². The Morgan fingerprint density at radius 2 is 2.04 bits per heavy atom. The molecule has 0 bridgehead atoms. The lowest BCUT2D eigenvalue weighted by Crippen LogP contribution is -2.54. The number of hydrogen-bond acceptors (Lipinski definition) is 5. The van der Waals surface area contributed by atoms with Crippen LogP contribution in [0.2, 0.25) is 5.02 Å². The van der Waals surface area contributed by atoms with Crippen LogP contribution in [0.5, 0.6) is 0 Å². The molecular weight excluding hydrogens is 356 g/mol. The molecule has 0 radical (unpaired) electrons. The number of benzene rings is 1. The van der Waals surface area contributed by atoms with Gasteiger partial charge in [-0.3, -0.25) is 4.79 Å². The second-order valence-electron chi connectivity index (χ2n) is 5.19. The number of halogens is 1. The molecule has 0 saturated carbocycles. The van der Waals surface area contributed by atoms with Crippen LogP contribution in [0.3, 0.4) is 0 Å². The fourth-order valence-corrected chi connectivity index (χ4v) is 4.53. The molecular formula is C15H13ClN2O3S2. The van der Waals surface area contributed by atoms with Gasteiger partial charge in [0, 0.05) is 21.7 Å². The number of thiazole rings is 1. The van der Waals surface area contributed by atoms with Crippen molar-refractivity contribution in [3.63, 3.8) is 0 Å². The highest BCUT2D eigenvalue weighted by molar-refractivity contribution is 7.99. The quantitative estimate of drug-likeness (QED) is 0.866. The molecule has 1 aliphatic heterocycles. The van der Waals surface area contributed by atoms with Crippen LogP contribution < -0.4 is 5.32 Å². The molecule has 1 aromatic carbocycles. The maximum atomic E-state index is 12.3. The van der Waals surface area contributed by atoms with Gasteiger partial charge in [0.25, 0.3) is 5.91 Å². The number of aliphatic carboxylic acids is 1. The molecule has 5 nitrogen and oxygen atoms in total. The van der Waals surface area contributed by atoms with E-state index in [2.05, 4.69) is 10.3 Å². The van der Waals surface area contributed by atoms with E-state index in [1.54, 1.807) is 17.5 Å². The van der Waals surface area contributed by atoms with Gasteiger partial charge in [0.05, 0.1) is 0 Å². The number of carbonyl (C=O) groups excluding carboxylic acids is 1. The molecule has 120 valence electrons. The number of carboxylic acids is 1. The van der Waals surface area contributed by atoms with E-state index in [9.17, 15) is 14.7 Å². The molecule has 1 aromatic heterocycles. The third-order valence-corrected chi connectivity index (χ3v) is 5.94. The van der Waals surface area contributed by atoms with Crippen molar-refractivity contribution in [2.24, 2.45) is 0 Å². The minimum absolute atomic E-state index is 0.234. The molecule has 2 heterocycles. The van der Waals surface area contributed by atoms with E-state index in [4.69, 9.17) is 11.6 Å². The number of hydrogen-bond donors (Lipinski definition) is 2. The van der Waals surface area contributed by atoms with Crippen LogP contribution in [-0.4, -0.2) is 39.0 Å². The summed E-state index contributed by atoms with van der Waals surface area (Å²) in [5, 5.41) is 15.0. The zero-order valence-corrected chi connectivity index (χ0v) is 14.3. The molecule has 2 aromatic rings. The topological polar surface area (TPSA) is 79.3 Å². The van der Waals surface area contributed by atoms with Gasteiger partial charge < -0.3 is 10.4 Å². The third-order valence-electron chi connectivity index (χ3n) is 3.61. The normalized spacial score (nSPS) is 20.4. The van der Waals surface area contributed by atoms with Crippen molar-refractivity contribution in [3.8, 4) is 10.6 Å². The van der Waals surface area contributed by atoms with Crippen molar-refractivity contribution in [1.29, 1.82) is 0 Å². The molecule has 1 atom stereocenters. The summed E-state index contributed by atoms with van der Waals surface area (Å²) in [6, 6.07) is 7.17. The predicted octanol–water partition coefficient (Wildman–Crippen LogP) is 3.15. The first kappa shape index (κ1) is 16.3. The third kappa shape index (κ3) is 3.36. The zero-order chi connectivity index (χ0) is 16.4. The highest BCUT2D eigenvalue weighted by atomic mass is 35.5. The Morgan fingerprint density at radius 3 is 2.65 bits per heavy atom. The summed E-state index contributed by atoms with van der Waals surface area (Å²) < 4.78 is 0. The van der Waals surface area contributed by atoms with Gasteiger partial charge in [0.1, 0.15) is 16.2 Å². The SMILES string of the molecule is O=C(NC1(C(=O)O)CCSC1)c1csc(-c2ccc(Cl)cc2)n1. The van der Waals surface area contributed by atoms with Crippen LogP contribution in [0.25, 0.3) is 10.6 Å². The molecule has 1 amide bonds. The maximum Gasteiger partial charge on any atom is 0.330 e. The van der Waals surface area contributed by atoms with E-state index in [0.717, 1.165) is 11.3 Å². The lowest BCUT2D eigenvalue weighted by molar-refractivity contribution is -0.143. The van der Waals surface area contributed by atoms with Crippen LogP contribution in [0.1, 0.15) is 16.9 Å². The van der Waals surface area contributed by atoms with Gasteiger partial charge in [-0.2, -0.15) is 11.8 Å². The van der Waals surface area contributed by atoms with Crippen LogP contribution >= 0.6 is 34.7 Å². The standard InChI is InChI=1S/C15H13ClN2O3S2/c16-10-3-1-9(2-4-10)13-17-11(7-23-13)12(19)18-15(14(20)21)5-6-22-8-15/h1-4,7H,5-6,8H2,(H,18,19)(H,20,21). The Morgan fingerprint density at radius 1 is 1.30 bits per heavy atom. The predicted molar refractivity (Wildman–Crippen MR) is 92.3 cm³/mol. The average Bonchev–Trinajstić information content (AvgIpc) is 3.17. The highest BCUT2D eigenvalue weighted by Crippen LogP contribution is 2.29. The van der Waals surface area contributed by atoms with Crippen molar-refractivity contribution in [1.82, 2.24) is 10.3 Å². The summed E-state index contributed by atoms with van der Waals surface area (Å²) in [6.45, 7) is 0. The van der Waals surface area contributed by atoms with Crippen LogP contribution in [-0.2, 0) is 4.79 Å². The first-order valence-corrected chi connectivity index (χ1v) is 9.26. The fourth-order valence-electron chi connectivity index (χ4n) is 2.27. The Bertz CT molecular complexity index is 739. The highest BCUT2D eigenvalue weighted by Gasteiger charge is 2.43. The Balaban J connectivity index is 1.78. The molecule has 1 unspecified atom stereocenters.